The smallest absolute Gasteiger partial charge is 0.165 e. The Hall–Kier alpha value is -4.53. The molecule has 3 N–H and O–H groups in total. The molecule has 0 unspecified atom stereocenters. The molecule has 33 heavy (non-hydrogen) atoms. The van der Waals surface area contributed by atoms with E-state index in [1.165, 1.54) is 63.8 Å². The second kappa shape index (κ2) is 11.2. The summed E-state index contributed by atoms with van der Waals surface area (Å²) < 4.78 is 14.8. The van der Waals surface area contributed by atoms with Gasteiger partial charge in [0.2, 0.25) is 0 Å². The van der Waals surface area contributed by atoms with Gasteiger partial charge in [-0.3, -0.25) is 14.4 Å². The Labute approximate surface area is 189 Å². The van der Waals surface area contributed by atoms with Crippen molar-refractivity contribution in [3.8, 4) is 45.6 Å². The molecule has 0 fully saturated rings. The molecule has 3 aromatic carbocycles. The van der Waals surface area contributed by atoms with Crippen molar-refractivity contribution in [1.29, 1.82) is 0 Å². The minimum absolute atomic E-state index is 0.0399. The van der Waals surface area contributed by atoms with Gasteiger partial charge < -0.3 is 29.5 Å². The van der Waals surface area contributed by atoms with Crippen LogP contribution in [0.15, 0.2) is 42.5 Å². The summed E-state index contributed by atoms with van der Waals surface area (Å²) in [4.78, 5) is 32.3. The number of rotatable bonds is 7. The van der Waals surface area contributed by atoms with E-state index in [0.29, 0.717) is 30.2 Å². The van der Waals surface area contributed by atoms with Crippen molar-refractivity contribution in [1.82, 2.24) is 0 Å². The Bertz CT molecular complexity index is 1110. The molecule has 3 rings (SSSR count). The van der Waals surface area contributed by atoms with Gasteiger partial charge in [-0.1, -0.05) is 0 Å². The molecule has 0 aliphatic carbocycles. The molecule has 0 radical (unpaired) electrons. The molecule has 0 bridgehead atoms. The molecule has 172 valence electrons. The van der Waals surface area contributed by atoms with Crippen molar-refractivity contribution >= 4 is 18.9 Å². The van der Waals surface area contributed by atoms with Crippen LogP contribution in [0.5, 0.6) is 34.5 Å². The molecule has 3 aromatic rings. The van der Waals surface area contributed by atoms with Crippen LogP contribution in [-0.4, -0.2) is 55.5 Å². The van der Waals surface area contributed by atoms with E-state index in [2.05, 4.69) is 0 Å². The Morgan fingerprint density at radius 2 is 0.970 bits per heavy atom. The first-order valence-corrected chi connectivity index (χ1v) is 9.38. The first-order chi connectivity index (χ1) is 15.8. The van der Waals surface area contributed by atoms with Gasteiger partial charge in [0.1, 0.15) is 18.9 Å². The fourth-order valence-electron chi connectivity index (χ4n) is 2.88. The number of methoxy groups -OCH3 is 3. The van der Waals surface area contributed by atoms with Gasteiger partial charge in [0.25, 0.3) is 0 Å². The van der Waals surface area contributed by atoms with Crippen molar-refractivity contribution < 1.29 is 43.9 Å². The highest BCUT2D eigenvalue weighted by Gasteiger charge is 2.19. The summed E-state index contributed by atoms with van der Waals surface area (Å²) in [6.45, 7) is 0. The van der Waals surface area contributed by atoms with Gasteiger partial charge in [-0.25, -0.2) is 0 Å². The van der Waals surface area contributed by atoms with Crippen molar-refractivity contribution in [2.45, 2.75) is 0 Å². The van der Waals surface area contributed by atoms with Crippen LogP contribution in [0.1, 0.15) is 31.1 Å². The predicted octanol–water partition coefficient (Wildman–Crippen LogP) is 3.62. The van der Waals surface area contributed by atoms with E-state index in [1.807, 2.05) is 0 Å². The summed E-state index contributed by atoms with van der Waals surface area (Å²) in [5.74, 6) is -0.00125. The van der Waals surface area contributed by atoms with Gasteiger partial charge in [0.05, 0.1) is 21.3 Å². The Balaban J connectivity index is 0.000000294. The molecule has 9 nitrogen and oxygen atoms in total. The van der Waals surface area contributed by atoms with Crippen LogP contribution in [0.25, 0.3) is 11.1 Å². The van der Waals surface area contributed by atoms with E-state index < -0.39 is 0 Å². The number of phenols is 3. The second-order valence-corrected chi connectivity index (χ2v) is 6.52. The fourth-order valence-corrected chi connectivity index (χ4v) is 2.88. The van der Waals surface area contributed by atoms with E-state index in [0.717, 1.165) is 0 Å². The quantitative estimate of drug-likeness (QED) is 0.457. The van der Waals surface area contributed by atoms with Crippen LogP contribution in [0.2, 0.25) is 0 Å². The third-order valence-electron chi connectivity index (χ3n) is 4.54. The Kier molecular flexibility index (Phi) is 8.39. The monoisotopic (exact) mass is 454 g/mol. The van der Waals surface area contributed by atoms with Crippen LogP contribution < -0.4 is 14.2 Å². The largest absolute Gasteiger partial charge is 0.504 e. The minimum Gasteiger partial charge on any atom is -0.504 e. The number of ether oxygens (including phenoxy) is 3. The summed E-state index contributed by atoms with van der Waals surface area (Å²) in [5, 5.41) is 29.6. The first kappa shape index (κ1) is 24.7. The van der Waals surface area contributed by atoms with Gasteiger partial charge in [-0.15, -0.1) is 0 Å². The number of hydrogen-bond donors (Lipinski definition) is 3. The van der Waals surface area contributed by atoms with E-state index in [9.17, 15) is 24.6 Å². The van der Waals surface area contributed by atoms with Crippen molar-refractivity contribution in [2.24, 2.45) is 0 Å². The topological polar surface area (TPSA) is 140 Å². The molecule has 0 aliphatic heterocycles. The molecule has 9 heteroatoms. The number of phenolic OH excluding ortho intramolecular Hbond substituents is 3. The number of aldehydes is 3. The van der Waals surface area contributed by atoms with Gasteiger partial charge >= 0.3 is 0 Å². The van der Waals surface area contributed by atoms with Crippen LogP contribution in [0.3, 0.4) is 0 Å². The summed E-state index contributed by atoms with van der Waals surface area (Å²) in [7, 11) is 4.12. The summed E-state index contributed by atoms with van der Waals surface area (Å²) in [5.41, 5.74) is 1.29. The fraction of sp³-hybridized carbons (Fsp3) is 0.125. The van der Waals surface area contributed by atoms with Crippen LogP contribution in [0, 0.1) is 0 Å². The maximum absolute atomic E-state index is 11.0. The molecule has 0 aromatic heterocycles. The number of carbonyl (C=O) groups is 3. The highest BCUT2D eigenvalue weighted by atomic mass is 16.5. The van der Waals surface area contributed by atoms with E-state index in [-0.39, 0.29) is 51.0 Å². The lowest BCUT2D eigenvalue weighted by molar-refractivity contribution is 0.111. The van der Waals surface area contributed by atoms with E-state index >= 15 is 0 Å². The highest BCUT2D eigenvalue weighted by molar-refractivity contribution is 5.89. The first-order valence-electron chi connectivity index (χ1n) is 9.38. The molecule has 0 heterocycles. The molecular formula is C24H22O9. The Morgan fingerprint density at radius 1 is 0.576 bits per heavy atom. The van der Waals surface area contributed by atoms with Gasteiger partial charge in [0.15, 0.2) is 34.5 Å². The predicted molar refractivity (Wildman–Crippen MR) is 119 cm³/mol. The van der Waals surface area contributed by atoms with Gasteiger partial charge in [0, 0.05) is 27.8 Å². The molecule has 0 saturated carbocycles. The average molecular weight is 454 g/mol. The van der Waals surface area contributed by atoms with Crippen LogP contribution in [0.4, 0.5) is 0 Å². The maximum atomic E-state index is 11.0. The second-order valence-electron chi connectivity index (χ2n) is 6.52. The molecule has 0 saturated heterocycles. The molecule has 0 amide bonds. The zero-order chi connectivity index (χ0) is 24.5. The molecular weight excluding hydrogens is 432 g/mol. The zero-order valence-corrected chi connectivity index (χ0v) is 18.1. The minimum atomic E-state index is -0.256. The third-order valence-corrected chi connectivity index (χ3v) is 4.54. The van der Waals surface area contributed by atoms with Crippen molar-refractivity contribution in [2.75, 3.05) is 21.3 Å². The lowest BCUT2D eigenvalue weighted by atomic mass is 9.98. The van der Waals surface area contributed by atoms with Crippen molar-refractivity contribution in [3.63, 3.8) is 0 Å². The van der Waals surface area contributed by atoms with Crippen LogP contribution >= 0.6 is 0 Å². The lowest BCUT2D eigenvalue weighted by Crippen LogP contribution is -1.94. The normalized spacial score (nSPS) is 9.79. The van der Waals surface area contributed by atoms with E-state index in [1.54, 1.807) is 0 Å². The van der Waals surface area contributed by atoms with E-state index in [4.69, 9.17) is 19.3 Å². The van der Waals surface area contributed by atoms with Crippen molar-refractivity contribution in [3.05, 3.63) is 59.2 Å². The number of carbonyl (C=O) groups excluding carboxylic acids is 3. The van der Waals surface area contributed by atoms with Crippen LogP contribution in [-0.2, 0) is 0 Å². The SMILES string of the molecule is COc1cc(C=O)cc(-c2cc(C=O)cc(OC)c2O)c1O.COc1cc(C=O)ccc1O. The zero-order valence-electron chi connectivity index (χ0n) is 18.1. The lowest BCUT2D eigenvalue weighted by Gasteiger charge is -2.14. The number of hydrogen-bond acceptors (Lipinski definition) is 9. The summed E-state index contributed by atoms with van der Waals surface area (Å²) in [6, 6.07) is 9.91. The molecule has 0 atom stereocenters. The third kappa shape index (κ3) is 5.59. The summed E-state index contributed by atoms with van der Waals surface area (Å²) >= 11 is 0. The average Bonchev–Trinajstić information content (AvgIpc) is 2.85. The van der Waals surface area contributed by atoms with Gasteiger partial charge in [-0.05, 0) is 42.5 Å². The summed E-state index contributed by atoms with van der Waals surface area (Å²) in [6.07, 6.45) is 1.87. The maximum Gasteiger partial charge on any atom is 0.165 e. The highest BCUT2D eigenvalue weighted by Crippen LogP contribution is 2.45. The number of aromatic hydroxyl groups is 3. The molecule has 0 spiro atoms. The number of benzene rings is 3. The Morgan fingerprint density at radius 3 is 1.33 bits per heavy atom. The molecule has 0 aliphatic rings. The standard InChI is InChI=1S/C16H14O6.C8H8O3/c1-21-13-5-9(7-17)3-11(15(13)19)12-4-10(8-18)6-14(22-2)16(12)20;1-11-8-4-6(5-9)2-3-7(8)10/h3-8,19-20H,1-2H3;2-5,10H,1H3. The van der Waals surface area contributed by atoms with Gasteiger partial charge in [-0.2, -0.15) is 0 Å².